The molecular formula is C16H20N2O2. The number of nitrogens with one attached hydrogen (secondary N) is 1. The average molecular weight is 272 g/mol. The molecule has 0 saturated heterocycles. The van der Waals surface area contributed by atoms with Crippen molar-refractivity contribution < 1.29 is 9.53 Å². The number of carbonyl (C=O) groups is 1. The minimum Gasteiger partial charge on any atom is -0.383 e. The highest BCUT2D eigenvalue weighted by molar-refractivity contribution is 6.02. The minimum absolute atomic E-state index is 0.0988. The maximum atomic E-state index is 12.0. The average Bonchev–Trinajstić information content (AvgIpc) is 2.40. The summed E-state index contributed by atoms with van der Waals surface area (Å²) in [6.45, 7) is 6.21. The molecule has 0 saturated carbocycles. The van der Waals surface area contributed by atoms with Gasteiger partial charge in [0, 0.05) is 13.2 Å². The Kier molecular flexibility index (Phi) is 5.95. The van der Waals surface area contributed by atoms with E-state index in [1.165, 1.54) is 0 Å². The van der Waals surface area contributed by atoms with Crippen molar-refractivity contribution in [2.75, 3.05) is 13.7 Å². The van der Waals surface area contributed by atoms with Crippen LogP contribution >= 0.6 is 0 Å². The van der Waals surface area contributed by atoms with Crippen LogP contribution in [-0.4, -0.2) is 25.7 Å². The van der Waals surface area contributed by atoms with Crippen LogP contribution in [0.2, 0.25) is 0 Å². The summed E-state index contributed by atoms with van der Waals surface area (Å²) in [6.07, 6.45) is 1.62. The zero-order valence-corrected chi connectivity index (χ0v) is 12.4. The van der Waals surface area contributed by atoms with Crippen molar-refractivity contribution in [3.05, 3.63) is 40.5 Å². The first-order valence-electron chi connectivity index (χ1n) is 6.47. The van der Waals surface area contributed by atoms with Gasteiger partial charge in [0.05, 0.1) is 6.61 Å². The highest BCUT2D eigenvalue weighted by Gasteiger charge is 2.12. The van der Waals surface area contributed by atoms with Gasteiger partial charge in [0.2, 0.25) is 0 Å². The van der Waals surface area contributed by atoms with E-state index in [0.717, 1.165) is 16.7 Å². The van der Waals surface area contributed by atoms with Crippen molar-refractivity contribution in [3.8, 4) is 6.07 Å². The summed E-state index contributed by atoms with van der Waals surface area (Å²) in [5.74, 6) is -0.377. The number of methoxy groups -OCH3 is 1. The predicted molar refractivity (Wildman–Crippen MR) is 79.0 cm³/mol. The van der Waals surface area contributed by atoms with Gasteiger partial charge in [0.1, 0.15) is 11.6 Å². The second-order valence-corrected chi connectivity index (χ2v) is 4.79. The van der Waals surface area contributed by atoms with Crippen LogP contribution in [0.15, 0.2) is 23.8 Å². The van der Waals surface area contributed by atoms with Crippen molar-refractivity contribution in [2.45, 2.75) is 26.8 Å². The number of carbonyl (C=O) groups excluding carboxylic acids is 1. The molecule has 1 rings (SSSR count). The van der Waals surface area contributed by atoms with E-state index in [4.69, 9.17) is 10.00 Å². The molecule has 1 aromatic rings. The van der Waals surface area contributed by atoms with Crippen molar-refractivity contribution in [2.24, 2.45) is 0 Å². The topological polar surface area (TPSA) is 62.1 Å². The Hall–Kier alpha value is -2.12. The first-order chi connectivity index (χ1) is 9.49. The molecule has 1 N–H and O–H groups in total. The van der Waals surface area contributed by atoms with E-state index in [1.54, 1.807) is 13.2 Å². The number of hydrogen-bond acceptors (Lipinski definition) is 3. The van der Waals surface area contributed by atoms with Crippen molar-refractivity contribution in [3.63, 3.8) is 0 Å². The molecule has 4 heteroatoms. The molecule has 0 aromatic heterocycles. The van der Waals surface area contributed by atoms with Crippen LogP contribution in [0.5, 0.6) is 0 Å². The molecule has 0 unspecified atom stereocenters. The van der Waals surface area contributed by atoms with Gasteiger partial charge in [-0.15, -0.1) is 0 Å². The van der Waals surface area contributed by atoms with Crippen LogP contribution < -0.4 is 5.32 Å². The van der Waals surface area contributed by atoms with Crippen molar-refractivity contribution >= 4 is 12.0 Å². The van der Waals surface area contributed by atoms with Crippen LogP contribution in [0.25, 0.3) is 6.08 Å². The highest BCUT2D eigenvalue weighted by atomic mass is 16.5. The Morgan fingerprint density at radius 3 is 2.80 bits per heavy atom. The number of aryl methyl sites for hydroxylation is 1. The molecule has 0 fully saturated rings. The molecule has 0 aliphatic rings. The second-order valence-electron chi connectivity index (χ2n) is 4.79. The van der Waals surface area contributed by atoms with Gasteiger partial charge in [-0.25, -0.2) is 0 Å². The second kappa shape index (κ2) is 7.46. The third-order valence-electron chi connectivity index (χ3n) is 3.11. The van der Waals surface area contributed by atoms with E-state index in [9.17, 15) is 4.79 Å². The predicted octanol–water partition coefficient (Wildman–Crippen LogP) is 2.36. The van der Waals surface area contributed by atoms with Gasteiger partial charge < -0.3 is 10.1 Å². The van der Waals surface area contributed by atoms with Gasteiger partial charge in [-0.3, -0.25) is 4.79 Å². The Labute approximate surface area is 120 Å². The van der Waals surface area contributed by atoms with E-state index in [2.05, 4.69) is 5.32 Å². The molecule has 0 spiro atoms. The number of nitriles is 1. The van der Waals surface area contributed by atoms with Crippen LogP contribution in [0, 0.1) is 25.2 Å². The number of benzene rings is 1. The highest BCUT2D eigenvalue weighted by Crippen LogP contribution is 2.16. The van der Waals surface area contributed by atoms with E-state index >= 15 is 0 Å². The van der Waals surface area contributed by atoms with Crippen LogP contribution in [-0.2, 0) is 9.53 Å². The molecule has 20 heavy (non-hydrogen) atoms. The summed E-state index contributed by atoms with van der Waals surface area (Å²) in [7, 11) is 1.57. The zero-order valence-electron chi connectivity index (χ0n) is 12.4. The monoisotopic (exact) mass is 272 g/mol. The largest absolute Gasteiger partial charge is 0.383 e. The van der Waals surface area contributed by atoms with E-state index in [1.807, 2.05) is 45.0 Å². The summed E-state index contributed by atoms with van der Waals surface area (Å²) in [5.41, 5.74) is 3.18. The lowest BCUT2D eigenvalue weighted by Gasteiger charge is -2.12. The minimum atomic E-state index is -0.377. The van der Waals surface area contributed by atoms with Gasteiger partial charge in [-0.1, -0.05) is 18.2 Å². The van der Waals surface area contributed by atoms with E-state index < -0.39 is 0 Å². The number of amides is 1. The lowest BCUT2D eigenvalue weighted by molar-refractivity contribution is -0.117. The number of ether oxygens (including phenoxy) is 1. The fourth-order valence-corrected chi connectivity index (χ4v) is 1.83. The molecular weight excluding hydrogens is 252 g/mol. The van der Waals surface area contributed by atoms with Crippen LogP contribution in [0.3, 0.4) is 0 Å². The fraction of sp³-hybridized carbons (Fsp3) is 0.375. The zero-order chi connectivity index (χ0) is 15.1. The molecule has 0 bridgehead atoms. The third-order valence-corrected chi connectivity index (χ3v) is 3.11. The van der Waals surface area contributed by atoms with Crippen molar-refractivity contribution in [1.82, 2.24) is 5.32 Å². The van der Waals surface area contributed by atoms with Gasteiger partial charge in [0.15, 0.2) is 0 Å². The van der Waals surface area contributed by atoms with Gasteiger partial charge in [-0.2, -0.15) is 5.26 Å². The Morgan fingerprint density at radius 1 is 1.50 bits per heavy atom. The van der Waals surface area contributed by atoms with Gasteiger partial charge in [0.25, 0.3) is 5.91 Å². The quantitative estimate of drug-likeness (QED) is 0.661. The molecule has 0 radical (unpaired) electrons. The maximum Gasteiger partial charge on any atom is 0.262 e. The summed E-state index contributed by atoms with van der Waals surface area (Å²) >= 11 is 0. The summed E-state index contributed by atoms with van der Waals surface area (Å²) in [4.78, 5) is 12.0. The third kappa shape index (κ3) is 4.22. The molecule has 4 nitrogen and oxygen atoms in total. The van der Waals surface area contributed by atoms with E-state index in [0.29, 0.717) is 6.61 Å². The summed E-state index contributed by atoms with van der Waals surface area (Å²) in [5, 5.41) is 11.9. The van der Waals surface area contributed by atoms with Crippen molar-refractivity contribution in [1.29, 1.82) is 5.26 Å². The van der Waals surface area contributed by atoms with Crippen LogP contribution in [0.1, 0.15) is 23.6 Å². The Bertz CT molecular complexity index is 556. The van der Waals surface area contributed by atoms with Gasteiger partial charge >= 0.3 is 0 Å². The van der Waals surface area contributed by atoms with E-state index in [-0.39, 0.29) is 17.5 Å². The standard InChI is InChI=1S/C16H20N2O2/c1-11-6-5-7-14(13(11)3)8-15(9-17)16(19)18-12(2)10-20-4/h5-8,12H,10H2,1-4H3,(H,18,19)/b15-8-/t12-/m1/s1. The first kappa shape index (κ1) is 15.9. The fourth-order valence-electron chi connectivity index (χ4n) is 1.83. The molecule has 0 aliphatic carbocycles. The normalized spacial score (nSPS) is 12.7. The van der Waals surface area contributed by atoms with Gasteiger partial charge in [-0.05, 0) is 43.5 Å². The maximum absolute atomic E-state index is 12.0. The Morgan fingerprint density at radius 2 is 2.20 bits per heavy atom. The molecule has 106 valence electrons. The molecule has 1 amide bonds. The molecule has 0 aliphatic heterocycles. The smallest absolute Gasteiger partial charge is 0.262 e. The molecule has 1 atom stereocenters. The SMILES string of the molecule is COC[C@@H](C)NC(=O)/C(C#N)=C\c1cccc(C)c1C. The summed E-state index contributed by atoms with van der Waals surface area (Å²) < 4.78 is 4.95. The number of rotatable bonds is 5. The lowest BCUT2D eigenvalue weighted by Crippen LogP contribution is -2.36. The number of hydrogen-bond donors (Lipinski definition) is 1. The van der Waals surface area contributed by atoms with Crippen LogP contribution in [0.4, 0.5) is 0 Å². The summed E-state index contributed by atoms with van der Waals surface area (Å²) in [6, 6.07) is 7.62. The lowest BCUT2D eigenvalue weighted by atomic mass is 10.0. The first-order valence-corrected chi connectivity index (χ1v) is 6.47. The molecule has 0 heterocycles. The Balaban J connectivity index is 2.96. The number of nitrogens with zero attached hydrogens (tertiary/aromatic N) is 1. The molecule has 1 aromatic carbocycles.